The number of nitrogens with one attached hydrogen (secondary N) is 1. The molecular weight excluding hydrogens is 178 g/mol. The first-order valence-corrected chi connectivity index (χ1v) is 4.79. The molecule has 74 valence electrons. The van der Waals surface area contributed by atoms with Crippen LogP contribution < -0.4 is 10.2 Å². The number of hydrogen-bond donors (Lipinski definition) is 1. The maximum atomic E-state index is 11.7. The lowest BCUT2D eigenvalue weighted by Gasteiger charge is -2.19. The monoisotopic (exact) mass is 191 g/mol. The second kappa shape index (κ2) is 4.19. The van der Waals surface area contributed by atoms with Gasteiger partial charge in [0.15, 0.2) is 0 Å². The van der Waals surface area contributed by atoms with E-state index in [0.29, 0.717) is 6.54 Å². The Labute approximate surface area is 82.9 Å². The molecular formula is C10H13N3O. The van der Waals surface area contributed by atoms with E-state index in [4.69, 9.17) is 0 Å². The molecule has 14 heavy (non-hydrogen) atoms. The van der Waals surface area contributed by atoms with Gasteiger partial charge in [0, 0.05) is 12.7 Å². The van der Waals surface area contributed by atoms with Gasteiger partial charge in [-0.1, -0.05) is 0 Å². The largest absolute Gasteiger partial charge is 0.310 e. The number of rotatable bonds is 1. The van der Waals surface area contributed by atoms with Gasteiger partial charge in [0.1, 0.15) is 0 Å². The highest BCUT2D eigenvalue weighted by Crippen LogP contribution is 2.13. The Morgan fingerprint density at radius 2 is 2.43 bits per heavy atom. The third-order valence-corrected chi connectivity index (χ3v) is 2.27. The smallest absolute Gasteiger partial charge is 0.240 e. The Kier molecular flexibility index (Phi) is 2.74. The van der Waals surface area contributed by atoms with Crippen LogP contribution in [0.5, 0.6) is 0 Å². The number of amides is 1. The van der Waals surface area contributed by atoms with E-state index in [1.165, 1.54) is 0 Å². The lowest BCUT2D eigenvalue weighted by Crippen LogP contribution is -2.34. The van der Waals surface area contributed by atoms with Crippen LogP contribution in [0.4, 0.5) is 5.69 Å². The normalized spacial score (nSPS) is 18.0. The summed E-state index contributed by atoms with van der Waals surface area (Å²) in [5, 5.41) is 3.09. The molecule has 0 radical (unpaired) electrons. The van der Waals surface area contributed by atoms with Gasteiger partial charge in [-0.3, -0.25) is 9.78 Å². The van der Waals surface area contributed by atoms with Crippen LogP contribution in [0.1, 0.15) is 6.42 Å². The van der Waals surface area contributed by atoms with Gasteiger partial charge in [-0.05, 0) is 25.1 Å². The van der Waals surface area contributed by atoms with Crippen LogP contribution in [0.3, 0.4) is 0 Å². The topological polar surface area (TPSA) is 45.2 Å². The van der Waals surface area contributed by atoms with Crippen molar-refractivity contribution in [1.82, 2.24) is 10.3 Å². The fourth-order valence-corrected chi connectivity index (χ4v) is 1.56. The molecule has 1 aliphatic heterocycles. The van der Waals surface area contributed by atoms with Crippen LogP contribution in [0, 0.1) is 0 Å². The summed E-state index contributed by atoms with van der Waals surface area (Å²) in [6, 6.07) is 3.76. The van der Waals surface area contributed by atoms with Crippen molar-refractivity contribution >= 4 is 11.6 Å². The van der Waals surface area contributed by atoms with Gasteiger partial charge in [-0.25, -0.2) is 0 Å². The first-order chi connectivity index (χ1) is 6.88. The van der Waals surface area contributed by atoms with Gasteiger partial charge in [0.2, 0.25) is 5.91 Å². The highest BCUT2D eigenvalue weighted by atomic mass is 16.2. The van der Waals surface area contributed by atoms with Gasteiger partial charge in [-0.2, -0.15) is 0 Å². The average Bonchev–Trinajstić information content (AvgIpc) is 2.44. The molecule has 1 amide bonds. The van der Waals surface area contributed by atoms with Crippen LogP contribution in [0.15, 0.2) is 24.5 Å². The van der Waals surface area contributed by atoms with E-state index in [1.807, 2.05) is 12.1 Å². The standard InChI is InChI=1S/C10H13N3O/c14-10-8-12-5-2-6-13(10)9-3-1-4-11-7-9/h1,3-4,7,12H,2,5-6,8H2. The average molecular weight is 191 g/mol. The van der Waals surface area contributed by atoms with E-state index in [0.717, 1.165) is 25.2 Å². The zero-order chi connectivity index (χ0) is 9.80. The van der Waals surface area contributed by atoms with Crippen molar-refractivity contribution in [2.75, 3.05) is 24.5 Å². The molecule has 0 saturated carbocycles. The van der Waals surface area contributed by atoms with E-state index >= 15 is 0 Å². The highest BCUT2D eigenvalue weighted by Gasteiger charge is 2.17. The second-order valence-electron chi connectivity index (χ2n) is 3.29. The molecule has 2 rings (SSSR count). The van der Waals surface area contributed by atoms with E-state index in [2.05, 4.69) is 10.3 Å². The fourth-order valence-electron chi connectivity index (χ4n) is 1.56. The zero-order valence-corrected chi connectivity index (χ0v) is 7.94. The van der Waals surface area contributed by atoms with Crippen molar-refractivity contribution in [2.24, 2.45) is 0 Å². The number of aromatic nitrogens is 1. The zero-order valence-electron chi connectivity index (χ0n) is 7.94. The van der Waals surface area contributed by atoms with Crippen LogP contribution >= 0.6 is 0 Å². The molecule has 1 saturated heterocycles. The fraction of sp³-hybridized carbons (Fsp3) is 0.400. The molecule has 1 aromatic rings. The van der Waals surface area contributed by atoms with Crippen molar-refractivity contribution in [3.05, 3.63) is 24.5 Å². The molecule has 0 spiro atoms. The van der Waals surface area contributed by atoms with Crippen molar-refractivity contribution in [1.29, 1.82) is 0 Å². The Morgan fingerprint density at radius 3 is 3.21 bits per heavy atom. The minimum Gasteiger partial charge on any atom is -0.310 e. The lowest BCUT2D eigenvalue weighted by molar-refractivity contribution is -0.117. The Morgan fingerprint density at radius 1 is 1.50 bits per heavy atom. The molecule has 0 aromatic carbocycles. The summed E-state index contributed by atoms with van der Waals surface area (Å²) in [7, 11) is 0. The predicted molar refractivity (Wildman–Crippen MR) is 54.1 cm³/mol. The predicted octanol–water partition coefficient (Wildman–Crippen LogP) is 0.408. The molecule has 0 atom stereocenters. The van der Waals surface area contributed by atoms with Gasteiger partial charge < -0.3 is 10.2 Å². The Bertz CT molecular complexity index is 312. The first kappa shape index (κ1) is 9.15. The number of anilines is 1. The van der Waals surface area contributed by atoms with Crippen LogP contribution in [-0.2, 0) is 4.79 Å². The first-order valence-electron chi connectivity index (χ1n) is 4.79. The summed E-state index contributed by atoms with van der Waals surface area (Å²) in [5.74, 6) is 0.121. The number of hydrogen-bond acceptors (Lipinski definition) is 3. The molecule has 2 heterocycles. The van der Waals surface area contributed by atoms with Gasteiger partial charge in [0.25, 0.3) is 0 Å². The van der Waals surface area contributed by atoms with Gasteiger partial charge in [0.05, 0.1) is 18.4 Å². The summed E-state index contributed by atoms with van der Waals surface area (Å²) in [5.41, 5.74) is 0.890. The summed E-state index contributed by atoms with van der Waals surface area (Å²) >= 11 is 0. The van der Waals surface area contributed by atoms with Crippen molar-refractivity contribution < 1.29 is 4.79 Å². The number of pyridine rings is 1. The molecule has 1 N–H and O–H groups in total. The summed E-state index contributed by atoms with van der Waals surface area (Å²) < 4.78 is 0. The summed E-state index contributed by atoms with van der Waals surface area (Å²) in [4.78, 5) is 17.4. The minimum absolute atomic E-state index is 0.121. The van der Waals surface area contributed by atoms with Gasteiger partial charge in [-0.15, -0.1) is 0 Å². The molecule has 0 bridgehead atoms. The lowest BCUT2D eigenvalue weighted by atomic mass is 10.3. The number of carbonyl (C=O) groups is 1. The van der Waals surface area contributed by atoms with Crippen molar-refractivity contribution in [2.45, 2.75) is 6.42 Å². The quantitative estimate of drug-likeness (QED) is 0.699. The van der Waals surface area contributed by atoms with Crippen LogP contribution in [-0.4, -0.2) is 30.5 Å². The van der Waals surface area contributed by atoms with Crippen LogP contribution in [0.25, 0.3) is 0 Å². The maximum absolute atomic E-state index is 11.7. The third kappa shape index (κ3) is 1.90. The van der Waals surface area contributed by atoms with Crippen LogP contribution in [0.2, 0.25) is 0 Å². The van der Waals surface area contributed by atoms with Gasteiger partial charge >= 0.3 is 0 Å². The molecule has 1 aliphatic rings. The summed E-state index contributed by atoms with van der Waals surface area (Å²) in [6.07, 6.45) is 4.42. The molecule has 0 unspecified atom stereocenters. The number of carbonyl (C=O) groups excluding carboxylic acids is 1. The molecule has 0 aliphatic carbocycles. The van der Waals surface area contributed by atoms with E-state index in [1.54, 1.807) is 17.3 Å². The minimum atomic E-state index is 0.121. The van der Waals surface area contributed by atoms with E-state index in [-0.39, 0.29) is 5.91 Å². The second-order valence-corrected chi connectivity index (χ2v) is 3.29. The Balaban J connectivity index is 2.19. The highest BCUT2D eigenvalue weighted by molar-refractivity contribution is 5.94. The number of nitrogens with zero attached hydrogens (tertiary/aromatic N) is 2. The third-order valence-electron chi connectivity index (χ3n) is 2.27. The SMILES string of the molecule is O=C1CNCCCN1c1cccnc1. The molecule has 1 aromatic heterocycles. The van der Waals surface area contributed by atoms with E-state index < -0.39 is 0 Å². The summed E-state index contributed by atoms with van der Waals surface area (Å²) in [6.45, 7) is 2.11. The van der Waals surface area contributed by atoms with E-state index in [9.17, 15) is 4.79 Å². The molecule has 4 nitrogen and oxygen atoms in total. The Hall–Kier alpha value is -1.42. The molecule has 4 heteroatoms. The van der Waals surface area contributed by atoms with Crippen molar-refractivity contribution in [3.63, 3.8) is 0 Å². The maximum Gasteiger partial charge on any atom is 0.240 e. The molecule has 1 fully saturated rings. The van der Waals surface area contributed by atoms with Crippen molar-refractivity contribution in [3.8, 4) is 0 Å².